The Bertz CT molecular complexity index is 623. The molecule has 4 nitrogen and oxygen atoms in total. The van der Waals surface area contributed by atoms with Crippen LogP contribution in [-0.2, 0) is 4.79 Å². The lowest BCUT2D eigenvalue weighted by atomic mass is 10.3. The van der Waals surface area contributed by atoms with E-state index in [1.54, 1.807) is 0 Å². The first-order chi connectivity index (χ1) is 9.11. The number of carbonyl (C=O) groups is 1. The lowest BCUT2D eigenvalue weighted by molar-refractivity contribution is -0.120. The fourth-order valence-electron chi connectivity index (χ4n) is 1.78. The average Bonchev–Trinajstić information content (AvgIpc) is 3.08. The maximum Gasteiger partial charge on any atom is 0.233 e. The van der Waals surface area contributed by atoms with Crippen LogP contribution in [0.3, 0.4) is 0 Å². The number of aromatic amines is 1. The van der Waals surface area contributed by atoms with E-state index in [2.05, 4.69) is 15.3 Å². The number of carbonyl (C=O) groups excluding carboxylic acids is 1. The Kier molecular flexibility index (Phi) is 3.41. The molecule has 1 fully saturated rings. The highest BCUT2D eigenvalue weighted by Gasteiger charge is 2.26. The van der Waals surface area contributed by atoms with E-state index in [0.29, 0.717) is 11.1 Å². The van der Waals surface area contributed by atoms with Crippen molar-refractivity contribution in [3.05, 3.63) is 23.2 Å². The molecule has 0 bridgehead atoms. The molecule has 0 saturated heterocycles. The second-order valence-corrected chi connectivity index (χ2v) is 6.51. The number of nitrogens with one attached hydrogen (secondary N) is 2. The first-order valence-electron chi connectivity index (χ1n) is 6.24. The smallest absolute Gasteiger partial charge is 0.233 e. The van der Waals surface area contributed by atoms with Crippen LogP contribution in [0.25, 0.3) is 11.0 Å². The van der Waals surface area contributed by atoms with Crippen molar-refractivity contribution in [3.8, 4) is 0 Å². The zero-order chi connectivity index (χ0) is 13.4. The van der Waals surface area contributed by atoms with Crippen LogP contribution in [0, 0.1) is 0 Å². The molecule has 1 amide bonds. The number of rotatable bonds is 4. The van der Waals surface area contributed by atoms with E-state index < -0.39 is 0 Å². The van der Waals surface area contributed by atoms with E-state index in [0.717, 1.165) is 29.0 Å². The molecule has 6 heteroatoms. The molecule has 2 aromatic rings. The second kappa shape index (κ2) is 5.06. The lowest BCUT2D eigenvalue weighted by Gasteiger charge is -2.09. The van der Waals surface area contributed by atoms with Crippen LogP contribution in [0.1, 0.15) is 19.8 Å². The van der Waals surface area contributed by atoms with Crippen molar-refractivity contribution < 1.29 is 4.79 Å². The third kappa shape index (κ3) is 3.04. The third-order valence-corrected chi connectivity index (χ3v) is 4.22. The maximum atomic E-state index is 11.9. The van der Waals surface area contributed by atoms with Crippen LogP contribution in [0.5, 0.6) is 0 Å². The van der Waals surface area contributed by atoms with Gasteiger partial charge in [-0.25, -0.2) is 4.98 Å². The van der Waals surface area contributed by atoms with Gasteiger partial charge >= 0.3 is 0 Å². The van der Waals surface area contributed by atoms with Crippen molar-refractivity contribution in [1.29, 1.82) is 0 Å². The van der Waals surface area contributed by atoms with Crippen LogP contribution in [0.15, 0.2) is 23.4 Å². The van der Waals surface area contributed by atoms with Gasteiger partial charge in [-0.3, -0.25) is 4.79 Å². The summed E-state index contributed by atoms with van der Waals surface area (Å²) in [5.41, 5.74) is 1.76. The summed E-state index contributed by atoms with van der Waals surface area (Å²) >= 11 is 7.36. The van der Waals surface area contributed by atoms with Crippen LogP contribution in [0.2, 0.25) is 5.02 Å². The van der Waals surface area contributed by atoms with Gasteiger partial charge in [-0.15, -0.1) is 0 Å². The molecule has 3 rings (SSSR count). The second-order valence-electron chi connectivity index (χ2n) is 4.75. The molecule has 0 spiro atoms. The van der Waals surface area contributed by atoms with Crippen LogP contribution in [-0.4, -0.2) is 27.2 Å². The van der Waals surface area contributed by atoms with Gasteiger partial charge in [0.05, 0.1) is 16.3 Å². The van der Waals surface area contributed by atoms with E-state index in [-0.39, 0.29) is 11.2 Å². The zero-order valence-corrected chi connectivity index (χ0v) is 12.0. The Hall–Kier alpha value is -1.20. The van der Waals surface area contributed by atoms with Crippen molar-refractivity contribution in [1.82, 2.24) is 15.3 Å². The number of thioether (sulfide) groups is 1. The largest absolute Gasteiger partial charge is 0.352 e. The predicted octanol–water partition coefficient (Wildman–Crippen LogP) is 2.98. The monoisotopic (exact) mass is 295 g/mol. The molecular formula is C13H14ClN3OS. The Balaban J connectivity index is 1.71. The number of H-pyrrole nitrogens is 1. The molecule has 1 saturated carbocycles. The highest BCUT2D eigenvalue weighted by Crippen LogP contribution is 2.26. The van der Waals surface area contributed by atoms with Gasteiger partial charge in [0.25, 0.3) is 0 Å². The number of halogens is 1. The first kappa shape index (κ1) is 12.8. The summed E-state index contributed by atoms with van der Waals surface area (Å²) in [7, 11) is 0. The van der Waals surface area contributed by atoms with Crippen LogP contribution in [0.4, 0.5) is 0 Å². The van der Waals surface area contributed by atoms with Gasteiger partial charge in [-0.2, -0.15) is 0 Å². The van der Waals surface area contributed by atoms with E-state index >= 15 is 0 Å². The van der Waals surface area contributed by atoms with Crippen molar-refractivity contribution in [2.75, 3.05) is 0 Å². The van der Waals surface area contributed by atoms with Crippen molar-refractivity contribution >= 4 is 40.3 Å². The number of benzene rings is 1. The Morgan fingerprint density at radius 1 is 1.58 bits per heavy atom. The molecule has 2 N–H and O–H groups in total. The fraction of sp³-hybridized carbons (Fsp3) is 0.385. The SMILES string of the molecule is CC(Sc1nc2ccc(Cl)cc2[nH]1)C(=O)NC1CC1. The normalized spacial score (nSPS) is 16.5. The summed E-state index contributed by atoms with van der Waals surface area (Å²) < 4.78 is 0. The van der Waals surface area contributed by atoms with Gasteiger partial charge in [-0.1, -0.05) is 23.4 Å². The van der Waals surface area contributed by atoms with Gasteiger partial charge in [0.2, 0.25) is 5.91 Å². The third-order valence-electron chi connectivity index (χ3n) is 3.00. The van der Waals surface area contributed by atoms with E-state index in [9.17, 15) is 4.79 Å². The molecule has 1 aliphatic carbocycles. The number of imidazole rings is 1. The van der Waals surface area contributed by atoms with Gasteiger partial charge < -0.3 is 10.3 Å². The molecule has 1 heterocycles. The summed E-state index contributed by atoms with van der Waals surface area (Å²) in [6.07, 6.45) is 2.21. The number of hydrogen-bond donors (Lipinski definition) is 2. The fourth-order valence-corrected chi connectivity index (χ4v) is 2.78. The Labute approximate surface area is 120 Å². The van der Waals surface area contributed by atoms with Gasteiger partial charge in [0, 0.05) is 11.1 Å². The summed E-state index contributed by atoms with van der Waals surface area (Å²) in [4.78, 5) is 19.5. The molecule has 1 atom stereocenters. The van der Waals surface area contributed by atoms with Crippen LogP contribution >= 0.6 is 23.4 Å². The molecule has 1 unspecified atom stereocenters. The Morgan fingerprint density at radius 3 is 3.11 bits per heavy atom. The van der Waals surface area contributed by atoms with Gasteiger partial charge in [0.15, 0.2) is 5.16 Å². The lowest BCUT2D eigenvalue weighted by Crippen LogP contribution is -2.32. The molecule has 0 radical (unpaired) electrons. The summed E-state index contributed by atoms with van der Waals surface area (Å²) in [6, 6.07) is 5.91. The molecule has 1 aromatic carbocycles. The number of aromatic nitrogens is 2. The van der Waals surface area contributed by atoms with Crippen LogP contribution < -0.4 is 5.32 Å². The highest BCUT2D eigenvalue weighted by atomic mass is 35.5. The number of amides is 1. The summed E-state index contributed by atoms with van der Waals surface area (Å²) in [6.45, 7) is 1.89. The van der Waals surface area contributed by atoms with E-state index in [1.807, 2.05) is 25.1 Å². The topological polar surface area (TPSA) is 57.8 Å². The molecule has 0 aliphatic heterocycles. The number of fused-ring (bicyclic) bond motifs is 1. The van der Waals surface area contributed by atoms with Gasteiger partial charge in [-0.05, 0) is 38.0 Å². The quantitative estimate of drug-likeness (QED) is 0.853. The first-order valence-corrected chi connectivity index (χ1v) is 7.50. The minimum absolute atomic E-state index is 0.0750. The van der Waals surface area contributed by atoms with Crippen molar-refractivity contribution in [2.45, 2.75) is 36.2 Å². The molecule has 19 heavy (non-hydrogen) atoms. The molecule has 1 aromatic heterocycles. The summed E-state index contributed by atoms with van der Waals surface area (Å²) in [5.74, 6) is 0.0750. The number of nitrogens with zero attached hydrogens (tertiary/aromatic N) is 1. The molecular weight excluding hydrogens is 282 g/mol. The van der Waals surface area contributed by atoms with E-state index in [4.69, 9.17) is 11.6 Å². The number of hydrogen-bond acceptors (Lipinski definition) is 3. The molecule has 1 aliphatic rings. The minimum atomic E-state index is -0.156. The van der Waals surface area contributed by atoms with Gasteiger partial charge in [0.1, 0.15) is 0 Å². The van der Waals surface area contributed by atoms with Crippen molar-refractivity contribution in [3.63, 3.8) is 0 Å². The standard InChI is InChI=1S/C13H14ClN3OS/c1-7(12(18)15-9-3-4-9)19-13-16-10-5-2-8(14)6-11(10)17-13/h2,5-7,9H,3-4H2,1H3,(H,15,18)(H,16,17). The highest BCUT2D eigenvalue weighted by molar-refractivity contribution is 8.00. The van der Waals surface area contributed by atoms with Crippen molar-refractivity contribution in [2.24, 2.45) is 0 Å². The predicted molar refractivity (Wildman–Crippen MR) is 77.6 cm³/mol. The zero-order valence-electron chi connectivity index (χ0n) is 10.4. The van der Waals surface area contributed by atoms with E-state index in [1.165, 1.54) is 11.8 Å². The summed E-state index contributed by atoms with van der Waals surface area (Å²) in [5, 5.41) is 4.26. The average molecular weight is 296 g/mol. The molecule has 100 valence electrons. The minimum Gasteiger partial charge on any atom is -0.352 e. The maximum absolute atomic E-state index is 11.9. The Morgan fingerprint density at radius 2 is 2.37 bits per heavy atom.